The molecule has 0 aliphatic heterocycles. The summed E-state index contributed by atoms with van der Waals surface area (Å²) in [6.07, 6.45) is 6.46. The Balaban J connectivity index is 1.68. The lowest BCUT2D eigenvalue weighted by molar-refractivity contribution is -0.129. The number of nitrogens with zero attached hydrogens (tertiary/aromatic N) is 1. The average Bonchev–Trinajstić information content (AvgIpc) is 2.88. The second-order valence-corrected chi connectivity index (χ2v) is 8.14. The van der Waals surface area contributed by atoms with E-state index >= 15 is 0 Å². The van der Waals surface area contributed by atoms with E-state index in [-0.39, 0.29) is 11.3 Å². The molecular weight excluding hydrogens is 282 g/mol. The van der Waals surface area contributed by atoms with Crippen LogP contribution in [0.5, 0.6) is 0 Å². The van der Waals surface area contributed by atoms with E-state index in [0.29, 0.717) is 23.5 Å². The number of aryl methyl sites for hydroxylation is 1. The molecule has 4 rings (SSSR count). The minimum atomic E-state index is -0.0338. The van der Waals surface area contributed by atoms with Gasteiger partial charge in [-0.1, -0.05) is 25.1 Å². The van der Waals surface area contributed by atoms with Crippen LogP contribution >= 0.6 is 0 Å². The molecule has 1 aromatic rings. The molecule has 3 aliphatic carbocycles. The van der Waals surface area contributed by atoms with Crippen LogP contribution in [0.4, 0.5) is 0 Å². The van der Waals surface area contributed by atoms with Crippen molar-refractivity contribution in [3.05, 3.63) is 34.9 Å². The second-order valence-electron chi connectivity index (χ2n) is 8.14. The number of fused-ring (bicyclic) bond motifs is 5. The summed E-state index contributed by atoms with van der Waals surface area (Å²) in [6, 6.07) is 9.06. The van der Waals surface area contributed by atoms with E-state index in [9.17, 15) is 4.79 Å². The number of nitriles is 1. The monoisotopic (exact) mass is 307 g/mol. The van der Waals surface area contributed by atoms with Gasteiger partial charge in [-0.05, 0) is 73.5 Å². The largest absolute Gasteiger partial charge is 0.299 e. The minimum Gasteiger partial charge on any atom is -0.299 e. The van der Waals surface area contributed by atoms with E-state index in [1.807, 2.05) is 6.92 Å². The molecule has 3 aliphatic rings. The van der Waals surface area contributed by atoms with E-state index in [0.717, 1.165) is 37.7 Å². The van der Waals surface area contributed by atoms with Gasteiger partial charge in [0.25, 0.3) is 0 Å². The van der Waals surface area contributed by atoms with Crippen molar-refractivity contribution in [2.75, 3.05) is 0 Å². The number of carbonyl (C=O) groups is 1. The van der Waals surface area contributed by atoms with Crippen LogP contribution in [0.3, 0.4) is 0 Å². The lowest BCUT2D eigenvalue weighted by atomic mass is 9.55. The van der Waals surface area contributed by atoms with Gasteiger partial charge >= 0.3 is 0 Å². The van der Waals surface area contributed by atoms with Crippen LogP contribution in [0.25, 0.3) is 0 Å². The first-order chi connectivity index (χ1) is 11.0. The predicted molar refractivity (Wildman–Crippen MR) is 90.1 cm³/mol. The summed E-state index contributed by atoms with van der Waals surface area (Å²) in [5.41, 5.74) is 4.09. The molecule has 0 spiro atoms. The summed E-state index contributed by atoms with van der Waals surface area (Å²) in [6.45, 7) is 4.21. The van der Waals surface area contributed by atoms with Crippen LogP contribution in [0.2, 0.25) is 0 Å². The quantitative estimate of drug-likeness (QED) is 0.752. The third-order valence-corrected chi connectivity index (χ3v) is 7.15. The molecule has 0 aromatic heterocycles. The number of carbonyl (C=O) groups excluding carboxylic acids is 1. The van der Waals surface area contributed by atoms with Crippen molar-refractivity contribution in [3.63, 3.8) is 0 Å². The van der Waals surface area contributed by atoms with Crippen LogP contribution in [0.1, 0.15) is 74.5 Å². The van der Waals surface area contributed by atoms with Crippen molar-refractivity contribution in [1.29, 1.82) is 5.26 Å². The molecule has 2 fully saturated rings. The van der Waals surface area contributed by atoms with Crippen molar-refractivity contribution >= 4 is 5.78 Å². The zero-order valence-corrected chi connectivity index (χ0v) is 14.1. The molecule has 120 valence electrons. The molecular formula is C21H25NO. The highest BCUT2D eigenvalue weighted by Gasteiger charge is 2.54. The van der Waals surface area contributed by atoms with E-state index in [4.69, 9.17) is 5.26 Å². The van der Waals surface area contributed by atoms with Gasteiger partial charge in [0.2, 0.25) is 0 Å². The molecule has 0 bridgehead atoms. The Morgan fingerprint density at radius 2 is 2.09 bits per heavy atom. The fourth-order valence-electron chi connectivity index (χ4n) is 5.72. The molecule has 0 N–H and O–H groups in total. The molecule has 0 heterocycles. The first-order valence-corrected chi connectivity index (χ1v) is 9.10. The Kier molecular flexibility index (Phi) is 3.38. The van der Waals surface area contributed by atoms with E-state index in [2.05, 4.69) is 31.2 Å². The third-order valence-electron chi connectivity index (χ3n) is 7.15. The van der Waals surface area contributed by atoms with Crippen molar-refractivity contribution in [3.8, 4) is 6.07 Å². The third kappa shape index (κ3) is 2.09. The van der Waals surface area contributed by atoms with Gasteiger partial charge in [-0.25, -0.2) is 0 Å². The molecule has 5 atom stereocenters. The number of hydrogen-bond acceptors (Lipinski definition) is 2. The summed E-state index contributed by atoms with van der Waals surface area (Å²) >= 11 is 0. The van der Waals surface area contributed by atoms with E-state index in [1.54, 1.807) is 0 Å². The number of Topliss-reactive ketones (excluding diaryl/α,β-unsaturated/α-hetero) is 1. The molecule has 2 nitrogen and oxygen atoms in total. The van der Waals surface area contributed by atoms with Crippen molar-refractivity contribution in [2.24, 2.45) is 17.3 Å². The molecule has 1 unspecified atom stereocenters. The lowest BCUT2D eigenvalue weighted by Gasteiger charge is -2.48. The van der Waals surface area contributed by atoms with Gasteiger partial charge in [-0.15, -0.1) is 0 Å². The highest BCUT2D eigenvalue weighted by molar-refractivity contribution is 5.87. The van der Waals surface area contributed by atoms with Crippen LogP contribution in [0, 0.1) is 28.6 Å². The molecule has 2 saturated carbocycles. The normalized spacial score (nSPS) is 36.6. The summed E-state index contributed by atoms with van der Waals surface area (Å²) in [7, 11) is 0. The topological polar surface area (TPSA) is 40.9 Å². The van der Waals surface area contributed by atoms with Gasteiger partial charge in [0.05, 0.1) is 12.0 Å². The van der Waals surface area contributed by atoms with E-state index in [1.165, 1.54) is 17.5 Å². The highest BCUT2D eigenvalue weighted by atomic mass is 16.1. The number of benzene rings is 1. The minimum absolute atomic E-state index is 0.0277. The number of ketones is 1. The zero-order valence-electron chi connectivity index (χ0n) is 14.1. The fourth-order valence-corrected chi connectivity index (χ4v) is 5.72. The molecule has 23 heavy (non-hydrogen) atoms. The first-order valence-electron chi connectivity index (χ1n) is 9.10. The van der Waals surface area contributed by atoms with Gasteiger partial charge in [-0.2, -0.15) is 5.26 Å². The maximum Gasteiger partial charge on any atom is 0.139 e. The summed E-state index contributed by atoms with van der Waals surface area (Å²) in [4.78, 5) is 12.4. The summed E-state index contributed by atoms with van der Waals surface area (Å²) < 4.78 is 0. The average molecular weight is 307 g/mol. The standard InChI is InChI=1S/C21H25NO/c1-13(12-22)14-3-5-16-15(11-14)4-6-18-17(16)9-10-21(2)19(18)7-8-20(21)23/h3,5,11,13,17-19H,4,6-10H2,1-2H3/t13-,17+,18+,19?,21-/m0/s1. The second kappa shape index (κ2) is 5.20. The Labute approximate surface area is 138 Å². The van der Waals surface area contributed by atoms with Crippen molar-refractivity contribution in [2.45, 2.75) is 64.2 Å². The van der Waals surface area contributed by atoms with Crippen LogP contribution in [-0.4, -0.2) is 5.78 Å². The Hall–Kier alpha value is -1.62. The maximum atomic E-state index is 12.4. The summed E-state index contributed by atoms with van der Waals surface area (Å²) in [5.74, 6) is 2.41. The predicted octanol–water partition coefficient (Wildman–Crippen LogP) is 4.74. The van der Waals surface area contributed by atoms with Crippen LogP contribution < -0.4 is 0 Å². The van der Waals surface area contributed by atoms with Crippen LogP contribution in [-0.2, 0) is 11.2 Å². The van der Waals surface area contributed by atoms with Gasteiger partial charge in [0, 0.05) is 11.8 Å². The Morgan fingerprint density at radius 1 is 1.26 bits per heavy atom. The smallest absolute Gasteiger partial charge is 0.139 e. The van der Waals surface area contributed by atoms with Gasteiger partial charge < -0.3 is 0 Å². The SMILES string of the molecule is C[C@@H](C#N)c1ccc2c(c1)CC[C@H]1C3CCC(=O)[C@@]3(C)CC[C@H]21. The summed E-state index contributed by atoms with van der Waals surface area (Å²) in [5, 5.41) is 9.15. The lowest BCUT2D eigenvalue weighted by Crippen LogP contribution is -2.42. The fraction of sp³-hybridized carbons (Fsp3) is 0.619. The van der Waals surface area contributed by atoms with Gasteiger partial charge in [-0.3, -0.25) is 4.79 Å². The first kappa shape index (κ1) is 14.9. The molecule has 1 aromatic carbocycles. The van der Waals surface area contributed by atoms with E-state index < -0.39 is 0 Å². The van der Waals surface area contributed by atoms with Crippen LogP contribution in [0.15, 0.2) is 18.2 Å². The molecule has 0 amide bonds. The van der Waals surface area contributed by atoms with Gasteiger partial charge in [0.1, 0.15) is 5.78 Å². The Morgan fingerprint density at radius 3 is 2.87 bits per heavy atom. The number of rotatable bonds is 1. The Bertz CT molecular complexity index is 700. The molecule has 0 radical (unpaired) electrons. The molecule has 2 heteroatoms. The number of hydrogen-bond donors (Lipinski definition) is 0. The molecule has 0 saturated heterocycles. The van der Waals surface area contributed by atoms with Crippen molar-refractivity contribution < 1.29 is 4.79 Å². The maximum absolute atomic E-state index is 12.4. The zero-order chi connectivity index (χ0) is 16.2. The highest BCUT2D eigenvalue weighted by Crippen LogP contribution is 2.59. The van der Waals surface area contributed by atoms with Crippen molar-refractivity contribution in [1.82, 2.24) is 0 Å². The van der Waals surface area contributed by atoms with Gasteiger partial charge in [0.15, 0.2) is 0 Å².